The van der Waals surface area contributed by atoms with E-state index in [0.717, 1.165) is 12.0 Å². The predicted molar refractivity (Wildman–Crippen MR) is 143 cm³/mol. The first-order chi connectivity index (χ1) is 18.1. The number of alkyl carbamates (subject to hydrolysis) is 1. The fraction of sp³-hybridized carbons (Fsp3) is 0.448. The highest BCUT2D eigenvalue weighted by Crippen LogP contribution is 2.32. The number of hydrogen-bond donors (Lipinski definition) is 2. The molecule has 9 heteroatoms. The smallest absolute Gasteiger partial charge is 0.415 e. The minimum Gasteiger partial charge on any atom is -0.444 e. The van der Waals surface area contributed by atoms with E-state index in [2.05, 4.69) is 10.6 Å². The monoisotopic (exact) mass is 523 g/mol. The van der Waals surface area contributed by atoms with Crippen LogP contribution in [0.5, 0.6) is 5.75 Å². The second kappa shape index (κ2) is 13.1. The molecule has 1 fully saturated rings. The number of rotatable bonds is 10. The molecule has 38 heavy (non-hydrogen) atoms. The molecule has 0 aliphatic carbocycles. The van der Waals surface area contributed by atoms with Crippen molar-refractivity contribution in [2.45, 2.75) is 65.1 Å². The number of nitrogens with one attached hydrogen (secondary N) is 2. The van der Waals surface area contributed by atoms with Gasteiger partial charge in [-0.3, -0.25) is 9.59 Å². The number of likely N-dealkylation sites (tertiary alicyclic amines) is 1. The molecular weight excluding hydrogens is 486 g/mol. The van der Waals surface area contributed by atoms with Gasteiger partial charge in [-0.25, -0.2) is 9.59 Å². The van der Waals surface area contributed by atoms with Crippen LogP contribution in [0, 0.1) is 5.41 Å². The van der Waals surface area contributed by atoms with Crippen LogP contribution >= 0.6 is 0 Å². The number of nitrogens with zero attached hydrogens (tertiary/aromatic N) is 1. The van der Waals surface area contributed by atoms with Crippen molar-refractivity contribution in [2.75, 3.05) is 13.1 Å². The fourth-order valence-corrected chi connectivity index (χ4v) is 4.33. The number of para-hydroxylation sites is 1. The molecule has 1 saturated heterocycles. The second-order valence-corrected chi connectivity index (χ2v) is 10.3. The number of carbonyl (C=O) groups is 4. The Bertz CT molecular complexity index is 1110. The van der Waals surface area contributed by atoms with E-state index >= 15 is 0 Å². The van der Waals surface area contributed by atoms with Gasteiger partial charge < -0.3 is 25.0 Å². The lowest BCUT2D eigenvalue weighted by Gasteiger charge is -2.26. The standard InChI is InChI=1S/C29H37N3O6/c1-5-6-17-23(25(33)26(34)30-20(2)21-13-9-7-10-14-21)31-27(35)38-24-18-32(19-29(24,3)4)28(36)37-22-15-11-8-12-16-22/h7-16,20,23-24H,5-6,17-19H2,1-4H3,(H,30,34)(H,31,35)/t20-,23+,24?/m1/s1. The van der Waals surface area contributed by atoms with E-state index < -0.39 is 41.4 Å². The zero-order valence-electron chi connectivity index (χ0n) is 22.4. The molecule has 9 nitrogen and oxygen atoms in total. The van der Waals surface area contributed by atoms with Crippen LogP contribution in [0.4, 0.5) is 9.59 Å². The summed E-state index contributed by atoms with van der Waals surface area (Å²) in [6.07, 6.45) is -0.222. The third kappa shape index (κ3) is 7.81. The summed E-state index contributed by atoms with van der Waals surface area (Å²) in [7, 11) is 0. The number of carbonyl (C=O) groups excluding carboxylic acids is 4. The summed E-state index contributed by atoms with van der Waals surface area (Å²) < 4.78 is 11.1. The van der Waals surface area contributed by atoms with Gasteiger partial charge in [-0.15, -0.1) is 0 Å². The third-order valence-corrected chi connectivity index (χ3v) is 6.64. The van der Waals surface area contributed by atoms with Crippen LogP contribution in [0.1, 0.15) is 58.6 Å². The van der Waals surface area contributed by atoms with Crippen LogP contribution in [0.2, 0.25) is 0 Å². The number of unbranched alkanes of at least 4 members (excludes halogenated alkanes) is 1. The Morgan fingerprint density at radius 2 is 1.63 bits per heavy atom. The normalized spacial score (nSPS) is 17.7. The molecule has 0 saturated carbocycles. The van der Waals surface area contributed by atoms with Gasteiger partial charge in [0.25, 0.3) is 5.91 Å². The summed E-state index contributed by atoms with van der Waals surface area (Å²) >= 11 is 0. The molecule has 2 N–H and O–H groups in total. The van der Waals surface area contributed by atoms with Crippen molar-refractivity contribution in [1.29, 1.82) is 0 Å². The van der Waals surface area contributed by atoms with Crippen molar-refractivity contribution in [3.05, 3.63) is 66.2 Å². The molecule has 1 unspecified atom stereocenters. The summed E-state index contributed by atoms with van der Waals surface area (Å²) in [6.45, 7) is 8.00. The molecule has 2 aromatic rings. The number of ketones is 1. The van der Waals surface area contributed by atoms with Gasteiger partial charge in [0.05, 0.1) is 12.6 Å². The summed E-state index contributed by atoms with van der Waals surface area (Å²) in [5.41, 5.74) is 0.322. The molecule has 0 bridgehead atoms. The highest BCUT2D eigenvalue weighted by Gasteiger charge is 2.45. The molecule has 2 aromatic carbocycles. The highest BCUT2D eigenvalue weighted by atomic mass is 16.6. The number of benzene rings is 2. The van der Waals surface area contributed by atoms with Crippen LogP contribution in [0.15, 0.2) is 60.7 Å². The minimum absolute atomic E-state index is 0.148. The first kappa shape index (κ1) is 28.7. The zero-order valence-corrected chi connectivity index (χ0v) is 22.4. The molecule has 0 radical (unpaired) electrons. The molecule has 3 rings (SSSR count). The Balaban J connectivity index is 1.59. The fourth-order valence-electron chi connectivity index (χ4n) is 4.33. The number of Topliss-reactive ketones (excluding diaryl/α,β-unsaturated/α-hetero) is 1. The van der Waals surface area contributed by atoms with E-state index in [9.17, 15) is 19.2 Å². The van der Waals surface area contributed by atoms with E-state index in [1.807, 2.05) is 57.2 Å². The van der Waals surface area contributed by atoms with Crippen molar-refractivity contribution < 1.29 is 28.7 Å². The SMILES string of the molecule is CCCC[C@H](NC(=O)OC1CN(C(=O)Oc2ccccc2)CC1(C)C)C(=O)C(=O)N[C@H](C)c1ccccc1. The number of hydrogen-bond acceptors (Lipinski definition) is 6. The maximum absolute atomic E-state index is 13.0. The summed E-state index contributed by atoms with van der Waals surface area (Å²) in [5.74, 6) is -1.06. The Hall–Kier alpha value is -3.88. The van der Waals surface area contributed by atoms with Crippen LogP contribution in [-0.2, 0) is 14.3 Å². The largest absolute Gasteiger partial charge is 0.444 e. The molecule has 0 aromatic heterocycles. The van der Waals surface area contributed by atoms with E-state index in [-0.39, 0.29) is 12.6 Å². The Kier molecular flexibility index (Phi) is 9.87. The lowest BCUT2D eigenvalue weighted by atomic mass is 9.90. The maximum Gasteiger partial charge on any atom is 0.415 e. The molecule has 204 valence electrons. The minimum atomic E-state index is -1.02. The van der Waals surface area contributed by atoms with Gasteiger partial charge in [0.1, 0.15) is 17.9 Å². The average molecular weight is 524 g/mol. The summed E-state index contributed by atoms with van der Waals surface area (Å²) in [6, 6.07) is 16.7. The quantitative estimate of drug-likeness (QED) is 0.439. The first-order valence-electron chi connectivity index (χ1n) is 13.0. The molecular formula is C29H37N3O6. The molecule has 3 atom stereocenters. The lowest BCUT2D eigenvalue weighted by molar-refractivity contribution is -0.139. The van der Waals surface area contributed by atoms with E-state index in [1.54, 1.807) is 31.2 Å². The topological polar surface area (TPSA) is 114 Å². The van der Waals surface area contributed by atoms with Gasteiger partial charge in [-0.2, -0.15) is 0 Å². The number of amides is 3. The average Bonchev–Trinajstić information content (AvgIpc) is 3.20. The molecule has 0 spiro atoms. The van der Waals surface area contributed by atoms with Crippen LogP contribution < -0.4 is 15.4 Å². The molecule has 3 amide bonds. The van der Waals surface area contributed by atoms with Gasteiger partial charge in [-0.1, -0.05) is 82.1 Å². The van der Waals surface area contributed by atoms with E-state index in [1.165, 1.54) is 4.90 Å². The highest BCUT2D eigenvalue weighted by molar-refractivity contribution is 6.38. The Morgan fingerprint density at radius 3 is 2.26 bits per heavy atom. The summed E-state index contributed by atoms with van der Waals surface area (Å²) in [5, 5.41) is 5.30. The second-order valence-electron chi connectivity index (χ2n) is 10.3. The van der Waals surface area contributed by atoms with E-state index in [4.69, 9.17) is 9.47 Å². The van der Waals surface area contributed by atoms with Crippen LogP contribution in [-0.4, -0.2) is 54.0 Å². The van der Waals surface area contributed by atoms with Crippen LogP contribution in [0.3, 0.4) is 0 Å². The Labute approximate surface area is 223 Å². The van der Waals surface area contributed by atoms with Crippen LogP contribution in [0.25, 0.3) is 0 Å². The van der Waals surface area contributed by atoms with Gasteiger partial charge in [-0.05, 0) is 31.0 Å². The Morgan fingerprint density at radius 1 is 1.00 bits per heavy atom. The maximum atomic E-state index is 13.0. The lowest BCUT2D eigenvalue weighted by Crippen LogP contribution is -2.49. The van der Waals surface area contributed by atoms with Crippen molar-refractivity contribution in [2.24, 2.45) is 5.41 Å². The predicted octanol–water partition coefficient (Wildman–Crippen LogP) is 4.63. The summed E-state index contributed by atoms with van der Waals surface area (Å²) in [4.78, 5) is 52.7. The van der Waals surface area contributed by atoms with Crippen molar-refractivity contribution in [3.63, 3.8) is 0 Å². The van der Waals surface area contributed by atoms with Gasteiger partial charge >= 0.3 is 12.2 Å². The zero-order chi connectivity index (χ0) is 27.7. The van der Waals surface area contributed by atoms with Crippen molar-refractivity contribution >= 4 is 23.9 Å². The molecule has 1 heterocycles. The van der Waals surface area contributed by atoms with Gasteiger partial charge in [0.2, 0.25) is 5.78 Å². The van der Waals surface area contributed by atoms with Crippen molar-refractivity contribution in [1.82, 2.24) is 15.5 Å². The first-order valence-corrected chi connectivity index (χ1v) is 13.0. The van der Waals surface area contributed by atoms with Gasteiger partial charge in [0.15, 0.2) is 0 Å². The molecule has 1 aliphatic rings. The molecule has 1 aliphatic heterocycles. The van der Waals surface area contributed by atoms with Crippen molar-refractivity contribution in [3.8, 4) is 5.75 Å². The van der Waals surface area contributed by atoms with E-state index in [0.29, 0.717) is 25.1 Å². The number of ether oxygens (including phenoxy) is 2. The van der Waals surface area contributed by atoms with Gasteiger partial charge in [0, 0.05) is 12.0 Å². The third-order valence-electron chi connectivity index (χ3n) is 6.64.